The molecule has 3 heterocycles. The molecule has 2 fully saturated rings. The highest BCUT2D eigenvalue weighted by atomic mass is 16.2. The zero-order valence-electron chi connectivity index (χ0n) is 14.7. The molecule has 0 spiro atoms. The number of amides is 2. The van der Waals surface area contributed by atoms with Crippen LogP contribution in [0.15, 0.2) is 6.07 Å². The zero-order valence-corrected chi connectivity index (χ0v) is 14.7. The number of anilines is 1. The monoisotopic (exact) mass is 343 g/mol. The van der Waals surface area contributed by atoms with Crippen molar-refractivity contribution in [2.45, 2.75) is 44.6 Å². The molecule has 1 unspecified atom stereocenters. The zero-order chi connectivity index (χ0) is 17.4. The van der Waals surface area contributed by atoms with Crippen LogP contribution in [0.1, 0.15) is 36.9 Å². The summed E-state index contributed by atoms with van der Waals surface area (Å²) >= 11 is 0. The number of likely N-dealkylation sites (N-methyl/N-ethyl adjacent to an activating group) is 1. The minimum absolute atomic E-state index is 0.0161. The number of hydrogen-bond donors (Lipinski definition) is 1. The molecule has 134 valence electrons. The number of nitrogens with zero attached hydrogens (tertiary/aromatic N) is 4. The first kappa shape index (κ1) is 16.3. The van der Waals surface area contributed by atoms with E-state index in [1.54, 1.807) is 0 Å². The van der Waals surface area contributed by atoms with Crippen molar-refractivity contribution < 1.29 is 9.59 Å². The van der Waals surface area contributed by atoms with Crippen LogP contribution in [0.2, 0.25) is 0 Å². The smallest absolute Gasteiger partial charge is 0.226 e. The molecule has 25 heavy (non-hydrogen) atoms. The van der Waals surface area contributed by atoms with Gasteiger partial charge in [-0.15, -0.1) is 5.10 Å². The van der Waals surface area contributed by atoms with E-state index in [1.165, 1.54) is 18.4 Å². The number of rotatable bonds is 3. The third kappa shape index (κ3) is 3.19. The molecular formula is C18H25N5O2. The summed E-state index contributed by atoms with van der Waals surface area (Å²) in [6.45, 7) is 2.17. The van der Waals surface area contributed by atoms with E-state index in [0.717, 1.165) is 43.9 Å². The first-order chi connectivity index (χ1) is 12.1. The average Bonchev–Trinajstić information content (AvgIpc) is 2.59. The number of carbonyl (C=O) groups is 2. The van der Waals surface area contributed by atoms with Gasteiger partial charge in [0.05, 0.1) is 11.7 Å². The second-order valence-corrected chi connectivity index (χ2v) is 7.43. The van der Waals surface area contributed by atoms with Crippen LogP contribution < -0.4 is 10.2 Å². The van der Waals surface area contributed by atoms with Crippen molar-refractivity contribution in [3.05, 3.63) is 17.3 Å². The maximum atomic E-state index is 12.6. The van der Waals surface area contributed by atoms with Gasteiger partial charge in [0.1, 0.15) is 0 Å². The van der Waals surface area contributed by atoms with Gasteiger partial charge in [0.25, 0.3) is 0 Å². The highest BCUT2D eigenvalue weighted by Crippen LogP contribution is 2.27. The molecule has 2 amide bonds. The Morgan fingerprint density at radius 3 is 2.88 bits per heavy atom. The van der Waals surface area contributed by atoms with Crippen LogP contribution in [-0.2, 0) is 22.4 Å². The molecule has 0 radical (unpaired) electrons. The van der Waals surface area contributed by atoms with Gasteiger partial charge in [0, 0.05) is 39.0 Å². The van der Waals surface area contributed by atoms with E-state index in [4.69, 9.17) is 0 Å². The van der Waals surface area contributed by atoms with Crippen molar-refractivity contribution in [2.24, 2.45) is 5.92 Å². The fraction of sp³-hybridized carbons (Fsp3) is 0.667. The van der Waals surface area contributed by atoms with Crippen LogP contribution in [0.5, 0.6) is 0 Å². The van der Waals surface area contributed by atoms with E-state index >= 15 is 0 Å². The van der Waals surface area contributed by atoms with Crippen molar-refractivity contribution in [1.82, 2.24) is 20.4 Å². The van der Waals surface area contributed by atoms with Crippen LogP contribution in [0.3, 0.4) is 0 Å². The van der Waals surface area contributed by atoms with E-state index in [-0.39, 0.29) is 23.8 Å². The molecule has 4 rings (SSSR count). The Bertz CT molecular complexity index is 686. The minimum atomic E-state index is -0.170. The third-order valence-electron chi connectivity index (χ3n) is 5.73. The standard InChI is InChI=1S/C18H25N5O2/c1-22(18(25)13-6-7-19-17(24)9-13)14-10-23(11-14)16-8-12-4-2-3-5-15(12)20-21-16/h8,13-14H,2-7,9-11H2,1H3,(H,19,24). The SMILES string of the molecule is CN(C(=O)C1CCNC(=O)C1)C1CN(c2cc3c(nn2)CCCC3)C1. The lowest BCUT2D eigenvalue weighted by atomic mass is 9.94. The van der Waals surface area contributed by atoms with Crippen molar-refractivity contribution in [3.8, 4) is 0 Å². The fourth-order valence-corrected chi connectivity index (χ4v) is 3.98. The van der Waals surface area contributed by atoms with Gasteiger partial charge in [0.15, 0.2) is 5.82 Å². The molecule has 0 bridgehead atoms. The third-order valence-corrected chi connectivity index (χ3v) is 5.73. The second kappa shape index (κ2) is 6.61. The van der Waals surface area contributed by atoms with Crippen LogP contribution in [0.4, 0.5) is 5.82 Å². The summed E-state index contributed by atoms with van der Waals surface area (Å²) in [5.74, 6) is 0.833. The van der Waals surface area contributed by atoms with Crippen LogP contribution in [0.25, 0.3) is 0 Å². The second-order valence-electron chi connectivity index (χ2n) is 7.43. The molecule has 3 aliphatic rings. The molecule has 1 atom stereocenters. The van der Waals surface area contributed by atoms with Gasteiger partial charge in [-0.2, -0.15) is 5.10 Å². The van der Waals surface area contributed by atoms with E-state index in [0.29, 0.717) is 13.0 Å². The Hall–Kier alpha value is -2.18. The van der Waals surface area contributed by atoms with Gasteiger partial charge in [-0.1, -0.05) is 0 Å². The van der Waals surface area contributed by atoms with Crippen LogP contribution in [-0.4, -0.2) is 59.6 Å². The lowest BCUT2D eigenvalue weighted by Gasteiger charge is -2.45. The van der Waals surface area contributed by atoms with Crippen molar-refractivity contribution in [2.75, 3.05) is 31.6 Å². The highest BCUT2D eigenvalue weighted by molar-refractivity contribution is 5.87. The molecule has 1 aromatic heterocycles. The molecule has 7 nitrogen and oxygen atoms in total. The summed E-state index contributed by atoms with van der Waals surface area (Å²) in [5, 5.41) is 11.5. The maximum Gasteiger partial charge on any atom is 0.226 e. The van der Waals surface area contributed by atoms with Gasteiger partial charge >= 0.3 is 0 Å². The first-order valence-corrected chi connectivity index (χ1v) is 9.25. The predicted molar refractivity (Wildman–Crippen MR) is 93.2 cm³/mol. The lowest BCUT2D eigenvalue weighted by Crippen LogP contribution is -2.61. The van der Waals surface area contributed by atoms with Crippen LogP contribution in [0, 0.1) is 5.92 Å². The Morgan fingerprint density at radius 1 is 1.28 bits per heavy atom. The largest absolute Gasteiger partial charge is 0.356 e. The molecule has 2 aliphatic heterocycles. The normalized spacial score (nSPS) is 23.5. The minimum Gasteiger partial charge on any atom is -0.356 e. The van der Waals surface area contributed by atoms with Crippen molar-refractivity contribution >= 4 is 17.6 Å². The van der Waals surface area contributed by atoms with Gasteiger partial charge in [-0.25, -0.2) is 0 Å². The number of fused-ring (bicyclic) bond motifs is 1. The van der Waals surface area contributed by atoms with Crippen molar-refractivity contribution in [1.29, 1.82) is 0 Å². The summed E-state index contributed by atoms with van der Waals surface area (Å²) < 4.78 is 0. The van der Waals surface area contributed by atoms with E-state index < -0.39 is 0 Å². The van der Waals surface area contributed by atoms with Crippen molar-refractivity contribution in [3.63, 3.8) is 0 Å². The number of aromatic nitrogens is 2. The van der Waals surface area contributed by atoms with E-state index in [9.17, 15) is 9.59 Å². The summed E-state index contributed by atoms with van der Waals surface area (Å²) in [6.07, 6.45) is 5.62. The predicted octanol–water partition coefficient (Wildman–Crippen LogP) is 0.529. The molecule has 1 N–H and O–H groups in total. The van der Waals surface area contributed by atoms with Crippen LogP contribution >= 0.6 is 0 Å². The molecule has 7 heteroatoms. The van der Waals surface area contributed by atoms with E-state index in [1.807, 2.05) is 11.9 Å². The number of carbonyl (C=O) groups excluding carboxylic acids is 2. The average molecular weight is 343 g/mol. The Morgan fingerprint density at radius 2 is 2.08 bits per heavy atom. The summed E-state index contributed by atoms with van der Waals surface area (Å²) in [4.78, 5) is 28.1. The number of aryl methyl sites for hydroxylation is 2. The number of nitrogens with one attached hydrogen (secondary N) is 1. The number of hydrogen-bond acceptors (Lipinski definition) is 5. The summed E-state index contributed by atoms with van der Waals surface area (Å²) in [5.41, 5.74) is 2.48. The number of piperidine rings is 1. The summed E-state index contributed by atoms with van der Waals surface area (Å²) in [7, 11) is 1.86. The summed E-state index contributed by atoms with van der Waals surface area (Å²) in [6, 6.07) is 2.36. The lowest BCUT2D eigenvalue weighted by molar-refractivity contribution is -0.141. The fourth-order valence-electron chi connectivity index (χ4n) is 3.98. The molecule has 1 aliphatic carbocycles. The Kier molecular flexibility index (Phi) is 4.31. The van der Waals surface area contributed by atoms with E-state index in [2.05, 4.69) is 26.5 Å². The quantitative estimate of drug-likeness (QED) is 0.866. The Balaban J connectivity index is 1.35. The first-order valence-electron chi connectivity index (χ1n) is 9.25. The Labute approximate surface area is 147 Å². The van der Waals surface area contributed by atoms with Gasteiger partial charge < -0.3 is 15.1 Å². The molecule has 2 saturated heterocycles. The van der Waals surface area contributed by atoms with Gasteiger partial charge in [-0.3, -0.25) is 9.59 Å². The highest BCUT2D eigenvalue weighted by Gasteiger charge is 2.37. The molecule has 1 aromatic rings. The molecule has 0 saturated carbocycles. The topological polar surface area (TPSA) is 78.4 Å². The molecule has 0 aromatic carbocycles. The molecular weight excluding hydrogens is 318 g/mol. The van der Waals surface area contributed by atoms with Gasteiger partial charge in [-0.05, 0) is 43.7 Å². The maximum absolute atomic E-state index is 12.6. The van der Waals surface area contributed by atoms with Gasteiger partial charge in [0.2, 0.25) is 11.8 Å².